The highest BCUT2D eigenvalue weighted by Crippen LogP contribution is 2.29. The number of benzene rings is 1. The molecule has 2 rings (SSSR count). The number of nitrogens with two attached hydrogens (primary N) is 1. The van der Waals surface area contributed by atoms with Crippen molar-refractivity contribution in [2.75, 3.05) is 7.11 Å². The van der Waals surface area contributed by atoms with Crippen molar-refractivity contribution in [2.45, 2.75) is 38.8 Å². The summed E-state index contributed by atoms with van der Waals surface area (Å²) in [5.41, 5.74) is 8.18. The summed E-state index contributed by atoms with van der Waals surface area (Å²) in [6, 6.07) is 10.5. The summed E-state index contributed by atoms with van der Waals surface area (Å²) in [6.07, 6.45) is 1.95. The van der Waals surface area contributed by atoms with Crippen LogP contribution in [0.2, 0.25) is 0 Å². The standard InChI is InChI=1S/C16H22N2OS/c1-16(2,17)15-13(11-19-3)18-14(20-15)10-9-12-7-5-4-6-8-12/h4-8H,9-11,17H2,1-3H3. The molecule has 0 atom stereocenters. The maximum atomic E-state index is 6.22. The minimum absolute atomic E-state index is 0.365. The van der Waals surface area contributed by atoms with E-state index < -0.39 is 0 Å². The van der Waals surface area contributed by atoms with E-state index in [2.05, 4.69) is 24.3 Å². The second kappa shape index (κ2) is 6.48. The van der Waals surface area contributed by atoms with Gasteiger partial charge in [-0.3, -0.25) is 0 Å². The Labute approximate surface area is 124 Å². The monoisotopic (exact) mass is 290 g/mol. The van der Waals surface area contributed by atoms with E-state index in [1.807, 2.05) is 19.9 Å². The summed E-state index contributed by atoms with van der Waals surface area (Å²) in [7, 11) is 1.69. The molecule has 0 aliphatic heterocycles. The van der Waals surface area contributed by atoms with Gasteiger partial charge in [0.2, 0.25) is 0 Å². The molecule has 2 N–H and O–H groups in total. The molecule has 4 heteroatoms. The molecule has 3 nitrogen and oxygen atoms in total. The normalized spacial score (nSPS) is 11.8. The van der Waals surface area contributed by atoms with Crippen molar-refractivity contribution < 1.29 is 4.74 Å². The van der Waals surface area contributed by atoms with Gasteiger partial charge < -0.3 is 10.5 Å². The maximum Gasteiger partial charge on any atom is 0.0936 e. The van der Waals surface area contributed by atoms with Crippen molar-refractivity contribution in [1.29, 1.82) is 0 Å². The Balaban J connectivity index is 2.12. The van der Waals surface area contributed by atoms with Crippen molar-refractivity contribution >= 4 is 11.3 Å². The van der Waals surface area contributed by atoms with E-state index in [4.69, 9.17) is 15.5 Å². The van der Waals surface area contributed by atoms with Gasteiger partial charge >= 0.3 is 0 Å². The number of aryl methyl sites for hydroxylation is 2. The Bertz CT molecular complexity index is 543. The zero-order valence-electron chi connectivity index (χ0n) is 12.3. The van der Waals surface area contributed by atoms with Crippen LogP contribution in [0.3, 0.4) is 0 Å². The quantitative estimate of drug-likeness (QED) is 0.888. The number of thiazole rings is 1. The third-order valence-electron chi connectivity index (χ3n) is 3.08. The Hall–Kier alpha value is -1.23. The van der Waals surface area contributed by atoms with E-state index in [0.29, 0.717) is 6.61 Å². The fourth-order valence-corrected chi connectivity index (χ4v) is 3.22. The highest BCUT2D eigenvalue weighted by atomic mass is 32.1. The van der Waals surface area contributed by atoms with Gasteiger partial charge in [-0.15, -0.1) is 11.3 Å². The van der Waals surface area contributed by atoms with Crippen LogP contribution in [0.1, 0.15) is 35.0 Å². The summed E-state index contributed by atoms with van der Waals surface area (Å²) in [4.78, 5) is 5.82. The van der Waals surface area contributed by atoms with E-state index in [9.17, 15) is 0 Å². The third-order valence-corrected chi connectivity index (χ3v) is 4.58. The van der Waals surface area contributed by atoms with Crippen LogP contribution in [-0.4, -0.2) is 12.1 Å². The van der Waals surface area contributed by atoms with Crippen LogP contribution in [0.5, 0.6) is 0 Å². The lowest BCUT2D eigenvalue weighted by molar-refractivity contribution is 0.180. The van der Waals surface area contributed by atoms with Crippen LogP contribution >= 0.6 is 11.3 Å². The molecule has 2 aromatic rings. The molecule has 1 aromatic heterocycles. The second-order valence-corrected chi connectivity index (χ2v) is 6.61. The smallest absolute Gasteiger partial charge is 0.0936 e. The molecule has 0 aliphatic rings. The van der Waals surface area contributed by atoms with Gasteiger partial charge in [-0.2, -0.15) is 0 Å². The van der Waals surface area contributed by atoms with Gasteiger partial charge in [-0.25, -0.2) is 4.98 Å². The first-order chi connectivity index (χ1) is 9.50. The van der Waals surface area contributed by atoms with Crippen molar-refractivity contribution in [3.8, 4) is 0 Å². The van der Waals surface area contributed by atoms with Crippen molar-refractivity contribution in [1.82, 2.24) is 4.98 Å². The molecule has 0 saturated carbocycles. The molecular formula is C16H22N2OS. The Morgan fingerprint density at radius 1 is 1.20 bits per heavy atom. The van der Waals surface area contributed by atoms with Crippen LogP contribution in [-0.2, 0) is 29.7 Å². The summed E-state index contributed by atoms with van der Waals surface area (Å²) < 4.78 is 5.23. The van der Waals surface area contributed by atoms with Gasteiger partial charge in [0, 0.05) is 23.9 Å². The highest BCUT2D eigenvalue weighted by molar-refractivity contribution is 7.11. The predicted octanol–water partition coefficient (Wildman–Crippen LogP) is 3.27. The number of rotatable bonds is 6. The van der Waals surface area contributed by atoms with Crippen LogP contribution in [0.15, 0.2) is 30.3 Å². The zero-order valence-corrected chi connectivity index (χ0v) is 13.2. The molecule has 0 bridgehead atoms. The second-order valence-electron chi connectivity index (χ2n) is 5.52. The molecule has 108 valence electrons. The van der Waals surface area contributed by atoms with Crippen LogP contribution in [0, 0.1) is 0 Å². The van der Waals surface area contributed by atoms with E-state index in [0.717, 1.165) is 28.4 Å². The minimum atomic E-state index is -0.365. The fourth-order valence-electron chi connectivity index (χ4n) is 2.14. The number of hydrogen-bond donors (Lipinski definition) is 1. The number of ether oxygens (including phenoxy) is 1. The Morgan fingerprint density at radius 2 is 1.90 bits per heavy atom. The molecule has 0 unspecified atom stereocenters. The van der Waals surface area contributed by atoms with Crippen molar-refractivity contribution in [3.63, 3.8) is 0 Å². The van der Waals surface area contributed by atoms with Gasteiger partial charge in [0.1, 0.15) is 0 Å². The molecule has 1 aromatic carbocycles. The summed E-state index contributed by atoms with van der Waals surface area (Å²) >= 11 is 1.71. The van der Waals surface area contributed by atoms with Crippen molar-refractivity contribution in [2.24, 2.45) is 5.73 Å². The zero-order chi connectivity index (χ0) is 14.6. The van der Waals surface area contributed by atoms with Gasteiger partial charge in [0.05, 0.1) is 17.3 Å². The SMILES string of the molecule is COCc1nc(CCc2ccccc2)sc1C(C)(C)N. The largest absolute Gasteiger partial charge is 0.378 e. The molecule has 20 heavy (non-hydrogen) atoms. The van der Waals surface area contributed by atoms with E-state index in [-0.39, 0.29) is 5.54 Å². The Morgan fingerprint density at radius 3 is 2.50 bits per heavy atom. The fraction of sp³-hybridized carbons (Fsp3) is 0.438. The molecule has 0 amide bonds. The summed E-state index contributed by atoms with van der Waals surface area (Å²) in [5.74, 6) is 0. The van der Waals surface area contributed by atoms with Crippen LogP contribution in [0.4, 0.5) is 0 Å². The lowest BCUT2D eigenvalue weighted by Crippen LogP contribution is -2.28. The number of aromatic nitrogens is 1. The van der Waals surface area contributed by atoms with Gasteiger partial charge in [0.15, 0.2) is 0 Å². The number of hydrogen-bond acceptors (Lipinski definition) is 4. The van der Waals surface area contributed by atoms with E-state index in [1.165, 1.54) is 5.56 Å². The molecule has 0 radical (unpaired) electrons. The summed E-state index contributed by atoms with van der Waals surface area (Å²) in [5, 5.41) is 1.13. The molecule has 0 fully saturated rings. The Kier molecular flexibility index (Phi) is 4.91. The number of nitrogens with zero attached hydrogens (tertiary/aromatic N) is 1. The lowest BCUT2D eigenvalue weighted by Gasteiger charge is -2.17. The first kappa shape index (κ1) is 15.2. The van der Waals surface area contributed by atoms with E-state index >= 15 is 0 Å². The minimum Gasteiger partial charge on any atom is -0.378 e. The molecular weight excluding hydrogens is 268 g/mol. The maximum absolute atomic E-state index is 6.22. The molecule has 0 saturated heterocycles. The lowest BCUT2D eigenvalue weighted by atomic mass is 10.0. The molecule has 1 heterocycles. The highest BCUT2D eigenvalue weighted by Gasteiger charge is 2.23. The predicted molar refractivity (Wildman–Crippen MR) is 83.9 cm³/mol. The first-order valence-electron chi connectivity index (χ1n) is 6.81. The molecule has 0 spiro atoms. The third kappa shape index (κ3) is 3.88. The van der Waals surface area contributed by atoms with Crippen LogP contribution < -0.4 is 5.73 Å². The summed E-state index contributed by atoms with van der Waals surface area (Å²) in [6.45, 7) is 4.55. The number of methoxy groups -OCH3 is 1. The van der Waals surface area contributed by atoms with Gasteiger partial charge in [-0.1, -0.05) is 30.3 Å². The first-order valence-corrected chi connectivity index (χ1v) is 7.63. The van der Waals surface area contributed by atoms with Crippen molar-refractivity contribution in [3.05, 3.63) is 51.5 Å². The van der Waals surface area contributed by atoms with Gasteiger partial charge in [0.25, 0.3) is 0 Å². The molecule has 0 aliphatic carbocycles. The average Bonchev–Trinajstić information content (AvgIpc) is 2.81. The van der Waals surface area contributed by atoms with Gasteiger partial charge in [-0.05, 0) is 25.8 Å². The topological polar surface area (TPSA) is 48.1 Å². The average molecular weight is 290 g/mol. The van der Waals surface area contributed by atoms with Crippen LogP contribution in [0.25, 0.3) is 0 Å². The van der Waals surface area contributed by atoms with E-state index in [1.54, 1.807) is 18.4 Å².